The molecule has 0 saturated heterocycles. The zero-order valence-electron chi connectivity index (χ0n) is 18.0. The van der Waals surface area contributed by atoms with Gasteiger partial charge in [-0.05, 0) is 18.4 Å². The molecule has 0 saturated carbocycles. The minimum absolute atomic E-state index is 0.0641. The van der Waals surface area contributed by atoms with E-state index < -0.39 is 6.09 Å². The molecule has 8 nitrogen and oxygen atoms in total. The van der Waals surface area contributed by atoms with Crippen LogP contribution in [0.2, 0.25) is 0 Å². The third kappa shape index (κ3) is 4.47. The summed E-state index contributed by atoms with van der Waals surface area (Å²) in [5.41, 5.74) is 2.33. The summed E-state index contributed by atoms with van der Waals surface area (Å²) in [4.78, 5) is 28.8. The number of amides is 1. The number of aromatic amines is 1. The predicted molar refractivity (Wildman–Crippen MR) is 122 cm³/mol. The standard InChI is InChI=1S/C24H25N5O3/c1-4-7-8-17-9-11-18(12-10-17)21-26-22-20(16-30)19(15-25)23(29(22)27-21)32-24(31)28(13-5-2)14-6-3/h5-6,9-12,16H,2-4,7-8,13-14H2,1H3,(H,26,27). The molecule has 2 heterocycles. The second kappa shape index (κ2) is 10.3. The van der Waals surface area contributed by atoms with Gasteiger partial charge in [-0.25, -0.2) is 4.79 Å². The van der Waals surface area contributed by atoms with E-state index in [0.717, 1.165) is 24.8 Å². The van der Waals surface area contributed by atoms with Gasteiger partial charge in [0.1, 0.15) is 17.3 Å². The molecular weight excluding hydrogens is 406 g/mol. The fourth-order valence-electron chi connectivity index (χ4n) is 3.35. The zero-order chi connectivity index (χ0) is 23.1. The van der Waals surface area contributed by atoms with Crippen LogP contribution in [0.3, 0.4) is 0 Å². The number of aryl methyl sites for hydroxylation is 1. The van der Waals surface area contributed by atoms with Gasteiger partial charge in [0, 0.05) is 18.7 Å². The fourth-order valence-corrected chi connectivity index (χ4v) is 3.35. The lowest BCUT2D eigenvalue weighted by molar-refractivity contribution is 0.112. The molecule has 0 atom stereocenters. The number of ether oxygens (including phenoxy) is 1. The largest absolute Gasteiger partial charge is 0.417 e. The van der Waals surface area contributed by atoms with E-state index in [1.165, 1.54) is 15.0 Å². The predicted octanol–water partition coefficient (Wildman–Crippen LogP) is 4.53. The Labute approximate surface area is 186 Å². The highest BCUT2D eigenvalue weighted by Gasteiger charge is 2.26. The maximum Gasteiger partial charge on any atom is 0.417 e. The Morgan fingerprint density at radius 3 is 2.53 bits per heavy atom. The number of hydrogen-bond acceptors (Lipinski definition) is 5. The van der Waals surface area contributed by atoms with Gasteiger partial charge in [-0.15, -0.1) is 18.3 Å². The number of carbonyl (C=O) groups is 2. The topological polar surface area (TPSA) is 103 Å². The van der Waals surface area contributed by atoms with Gasteiger partial charge in [-0.3, -0.25) is 4.79 Å². The number of nitrogens with zero attached hydrogens (tertiary/aromatic N) is 4. The normalized spacial score (nSPS) is 10.5. The smallest absolute Gasteiger partial charge is 0.389 e. The van der Waals surface area contributed by atoms with E-state index in [1.54, 1.807) is 12.2 Å². The summed E-state index contributed by atoms with van der Waals surface area (Å²) in [6.07, 6.45) is 6.19. The molecule has 0 bridgehead atoms. The number of nitrogens with one attached hydrogen (secondary N) is 1. The van der Waals surface area contributed by atoms with E-state index in [1.807, 2.05) is 30.3 Å². The Bertz CT molecular complexity index is 1170. The Hall–Kier alpha value is -4.12. The van der Waals surface area contributed by atoms with Crippen molar-refractivity contribution in [2.24, 2.45) is 0 Å². The van der Waals surface area contributed by atoms with Gasteiger partial charge in [0.2, 0.25) is 5.88 Å². The first-order valence-corrected chi connectivity index (χ1v) is 10.4. The minimum atomic E-state index is -0.706. The number of fused-ring (bicyclic) bond motifs is 1. The van der Waals surface area contributed by atoms with Crippen molar-refractivity contribution in [1.29, 1.82) is 5.26 Å². The second-order valence-corrected chi connectivity index (χ2v) is 7.21. The second-order valence-electron chi connectivity index (χ2n) is 7.21. The van der Waals surface area contributed by atoms with Crippen LogP contribution in [-0.2, 0) is 6.42 Å². The van der Waals surface area contributed by atoms with Gasteiger partial charge < -0.3 is 14.6 Å². The molecule has 0 aliphatic rings. The molecule has 0 aliphatic carbocycles. The van der Waals surface area contributed by atoms with Crippen LogP contribution in [0, 0.1) is 11.3 Å². The van der Waals surface area contributed by atoms with E-state index in [2.05, 4.69) is 30.2 Å². The number of unbranched alkanes of at least 4 members (excludes halogenated alkanes) is 1. The Morgan fingerprint density at radius 2 is 1.97 bits per heavy atom. The summed E-state index contributed by atoms with van der Waals surface area (Å²) in [6.45, 7) is 9.87. The lowest BCUT2D eigenvalue weighted by Gasteiger charge is -2.18. The zero-order valence-corrected chi connectivity index (χ0v) is 18.0. The SMILES string of the molecule is C=CCN(CC=C)C(=O)Oc1c(C#N)c(C=O)c2[nH]c(-c3ccc(CCCC)cc3)nn12. The molecule has 164 valence electrons. The maximum absolute atomic E-state index is 12.7. The molecule has 1 aromatic carbocycles. The monoisotopic (exact) mass is 431 g/mol. The van der Waals surface area contributed by atoms with Crippen molar-refractivity contribution < 1.29 is 14.3 Å². The number of carbonyl (C=O) groups excluding carboxylic acids is 2. The highest BCUT2D eigenvalue weighted by molar-refractivity contribution is 5.91. The molecule has 8 heteroatoms. The number of aromatic nitrogens is 3. The molecule has 2 aromatic heterocycles. The quantitative estimate of drug-likeness (QED) is 0.375. The Morgan fingerprint density at radius 1 is 1.28 bits per heavy atom. The summed E-state index contributed by atoms with van der Waals surface area (Å²) in [5, 5.41) is 14.1. The Kier molecular flexibility index (Phi) is 7.24. The van der Waals surface area contributed by atoms with Crippen LogP contribution in [0.25, 0.3) is 17.0 Å². The number of H-pyrrole nitrogens is 1. The van der Waals surface area contributed by atoms with Crippen molar-refractivity contribution in [3.63, 3.8) is 0 Å². The third-order valence-corrected chi connectivity index (χ3v) is 5.00. The highest BCUT2D eigenvalue weighted by atomic mass is 16.6. The lowest BCUT2D eigenvalue weighted by atomic mass is 10.1. The molecule has 0 fully saturated rings. The minimum Gasteiger partial charge on any atom is -0.389 e. The third-order valence-electron chi connectivity index (χ3n) is 5.00. The van der Waals surface area contributed by atoms with Crippen LogP contribution in [0.4, 0.5) is 4.79 Å². The number of rotatable bonds is 10. The number of aldehydes is 1. The van der Waals surface area contributed by atoms with Crippen molar-refractivity contribution in [1.82, 2.24) is 19.5 Å². The average molecular weight is 431 g/mol. The van der Waals surface area contributed by atoms with Gasteiger partial charge in [0.25, 0.3) is 0 Å². The summed E-state index contributed by atoms with van der Waals surface area (Å²) >= 11 is 0. The molecule has 32 heavy (non-hydrogen) atoms. The number of nitriles is 1. The number of benzene rings is 1. The maximum atomic E-state index is 12.7. The van der Waals surface area contributed by atoms with E-state index >= 15 is 0 Å². The van der Waals surface area contributed by atoms with Crippen LogP contribution in [-0.4, -0.2) is 45.0 Å². The molecule has 1 amide bonds. The van der Waals surface area contributed by atoms with Gasteiger partial charge in [-0.2, -0.15) is 9.78 Å². The van der Waals surface area contributed by atoms with Gasteiger partial charge >= 0.3 is 6.09 Å². The van der Waals surface area contributed by atoms with Crippen LogP contribution >= 0.6 is 0 Å². The van der Waals surface area contributed by atoms with E-state index in [4.69, 9.17) is 4.74 Å². The summed E-state index contributed by atoms with van der Waals surface area (Å²) < 4.78 is 6.78. The van der Waals surface area contributed by atoms with Gasteiger partial charge in [0.15, 0.2) is 12.1 Å². The molecule has 0 aliphatic heterocycles. The molecular formula is C24H25N5O3. The highest BCUT2D eigenvalue weighted by Crippen LogP contribution is 2.30. The van der Waals surface area contributed by atoms with Crippen LogP contribution in [0.5, 0.6) is 5.88 Å². The van der Waals surface area contributed by atoms with Crippen molar-refractivity contribution in [2.45, 2.75) is 26.2 Å². The molecule has 3 rings (SSSR count). The van der Waals surface area contributed by atoms with Gasteiger partial charge in [0.05, 0.1) is 5.56 Å². The number of hydrogen-bond donors (Lipinski definition) is 1. The summed E-state index contributed by atoms with van der Waals surface area (Å²) in [7, 11) is 0. The van der Waals surface area contributed by atoms with Crippen LogP contribution < -0.4 is 4.74 Å². The first kappa shape index (κ1) is 22.6. The molecule has 1 N–H and O–H groups in total. The van der Waals surface area contributed by atoms with Crippen LogP contribution in [0.15, 0.2) is 49.6 Å². The van der Waals surface area contributed by atoms with Crippen molar-refractivity contribution in [2.75, 3.05) is 13.1 Å². The first-order chi connectivity index (χ1) is 15.6. The van der Waals surface area contributed by atoms with Crippen molar-refractivity contribution in [3.05, 3.63) is 66.3 Å². The molecule has 0 unspecified atom stereocenters. The fraction of sp³-hybridized carbons (Fsp3) is 0.250. The molecule has 0 spiro atoms. The Balaban J connectivity index is 2.01. The van der Waals surface area contributed by atoms with E-state index in [-0.39, 0.29) is 35.7 Å². The molecule has 3 aromatic rings. The summed E-state index contributed by atoms with van der Waals surface area (Å²) in [6, 6.07) is 9.89. The lowest BCUT2D eigenvalue weighted by Crippen LogP contribution is -2.34. The summed E-state index contributed by atoms with van der Waals surface area (Å²) in [5.74, 6) is 0.371. The van der Waals surface area contributed by atoms with Gasteiger partial charge in [-0.1, -0.05) is 49.8 Å². The van der Waals surface area contributed by atoms with E-state index in [9.17, 15) is 14.9 Å². The van der Waals surface area contributed by atoms with Crippen LogP contribution in [0.1, 0.15) is 41.3 Å². The average Bonchev–Trinajstić information content (AvgIpc) is 3.35. The van der Waals surface area contributed by atoms with Crippen molar-refractivity contribution in [3.8, 4) is 23.3 Å². The van der Waals surface area contributed by atoms with E-state index in [0.29, 0.717) is 12.1 Å². The first-order valence-electron chi connectivity index (χ1n) is 10.4. The van der Waals surface area contributed by atoms with Crippen molar-refractivity contribution >= 4 is 18.0 Å². The molecule has 0 radical (unpaired) electrons.